The van der Waals surface area contributed by atoms with Crippen LogP contribution in [0.4, 0.5) is 21.9 Å². The van der Waals surface area contributed by atoms with Crippen molar-refractivity contribution in [2.75, 3.05) is 43.0 Å². The van der Waals surface area contributed by atoms with E-state index in [-0.39, 0.29) is 18.2 Å². The maximum Gasteiger partial charge on any atom is 0.329 e. The molecule has 4 rings (SSSR count). The van der Waals surface area contributed by atoms with Crippen LogP contribution in [-0.4, -0.2) is 40.4 Å². The van der Waals surface area contributed by atoms with Gasteiger partial charge in [-0.3, -0.25) is 9.80 Å². The number of rotatable bonds is 7. The molecule has 35 heavy (non-hydrogen) atoms. The Hall–Kier alpha value is -3.38. The summed E-state index contributed by atoms with van der Waals surface area (Å²) < 4.78 is 11.9. The largest absolute Gasteiger partial charge is 0.493 e. The molecule has 0 N–H and O–H groups in total. The zero-order chi connectivity index (χ0) is 25.3. The molecule has 1 aliphatic heterocycles. The molecule has 0 radical (unpaired) electrons. The topological polar surface area (TPSA) is 45.3 Å². The first kappa shape index (κ1) is 24.7. The minimum atomic E-state index is -0.374. The lowest BCUT2D eigenvalue weighted by Gasteiger charge is -2.42. The minimum Gasteiger partial charge on any atom is -0.493 e. The van der Waals surface area contributed by atoms with Crippen molar-refractivity contribution in [3.63, 3.8) is 0 Å². The number of fused-ring (bicyclic) bond motifs is 1. The molecule has 3 aromatic rings. The van der Waals surface area contributed by atoms with Gasteiger partial charge in [0.1, 0.15) is 0 Å². The fourth-order valence-electron chi connectivity index (χ4n) is 4.28. The molecule has 2 unspecified atom stereocenters. The van der Waals surface area contributed by atoms with Crippen LogP contribution >= 0.6 is 11.6 Å². The number of anilines is 3. The normalized spacial score (nSPS) is 16.1. The summed E-state index contributed by atoms with van der Waals surface area (Å²) in [5, 5.41) is 0.644. The summed E-state index contributed by atoms with van der Waals surface area (Å²) in [6.45, 7) is 4.11. The Bertz CT molecular complexity index is 1200. The Morgan fingerprint density at radius 3 is 2.26 bits per heavy atom. The fourth-order valence-corrected chi connectivity index (χ4v) is 4.41. The second kappa shape index (κ2) is 10.1. The van der Waals surface area contributed by atoms with Gasteiger partial charge in [0, 0.05) is 49.2 Å². The molecule has 0 bridgehead atoms. The van der Waals surface area contributed by atoms with E-state index in [1.54, 1.807) is 19.1 Å². The van der Waals surface area contributed by atoms with Gasteiger partial charge in [0.15, 0.2) is 11.5 Å². The lowest BCUT2D eigenvalue weighted by molar-refractivity contribution is 0.207. The lowest BCUT2D eigenvalue weighted by Crippen LogP contribution is -2.48. The van der Waals surface area contributed by atoms with Crippen LogP contribution < -0.4 is 24.2 Å². The molecular formula is C28H32ClN3O3. The Morgan fingerprint density at radius 1 is 1.03 bits per heavy atom. The zero-order valence-corrected chi connectivity index (χ0v) is 21.8. The van der Waals surface area contributed by atoms with Crippen LogP contribution in [0.1, 0.15) is 37.4 Å². The first-order valence-electron chi connectivity index (χ1n) is 11.7. The molecular weight excluding hydrogens is 462 g/mol. The summed E-state index contributed by atoms with van der Waals surface area (Å²) in [5.41, 5.74) is 4.55. The van der Waals surface area contributed by atoms with Crippen LogP contribution in [0.15, 0.2) is 60.7 Å². The number of methoxy groups -OCH3 is 1. The molecule has 0 spiro atoms. The van der Waals surface area contributed by atoms with Crippen molar-refractivity contribution in [3.8, 4) is 11.5 Å². The van der Waals surface area contributed by atoms with E-state index in [0.29, 0.717) is 16.5 Å². The molecule has 0 saturated heterocycles. The van der Waals surface area contributed by atoms with Gasteiger partial charge in [-0.25, -0.2) is 4.79 Å². The maximum absolute atomic E-state index is 13.8. The molecule has 2 amide bonds. The summed E-state index contributed by atoms with van der Waals surface area (Å²) in [6.07, 6.45) is 0.886. The first-order chi connectivity index (χ1) is 16.7. The van der Waals surface area contributed by atoms with E-state index in [0.717, 1.165) is 34.6 Å². The number of hydrogen-bond donors (Lipinski definition) is 0. The van der Waals surface area contributed by atoms with Crippen LogP contribution in [0.5, 0.6) is 11.5 Å². The highest BCUT2D eigenvalue weighted by Crippen LogP contribution is 2.47. The van der Waals surface area contributed by atoms with Gasteiger partial charge in [0.05, 0.1) is 24.9 Å². The van der Waals surface area contributed by atoms with Crippen LogP contribution in [0, 0.1) is 0 Å². The highest BCUT2D eigenvalue weighted by molar-refractivity contribution is 6.30. The Labute approximate surface area is 212 Å². The summed E-state index contributed by atoms with van der Waals surface area (Å²) in [6, 6.07) is 19.0. The van der Waals surface area contributed by atoms with Crippen molar-refractivity contribution < 1.29 is 14.3 Å². The monoisotopic (exact) mass is 493 g/mol. The average Bonchev–Trinajstić information content (AvgIpc) is 2.86. The van der Waals surface area contributed by atoms with Crippen LogP contribution in [-0.2, 0) is 0 Å². The fraction of sp³-hybridized carbons (Fsp3) is 0.321. The van der Waals surface area contributed by atoms with Gasteiger partial charge in [0.2, 0.25) is 0 Å². The van der Waals surface area contributed by atoms with Crippen molar-refractivity contribution in [2.45, 2.75) is 32.4 Å². The van der Waals surface area contributed by atoms with Crippen molar-refractivity contribution in [2.24, 2.45) is 0 Å². The number of urea groups is 1. The van der Waals surface area contributed by atoms with Gasteiger partial charge >= 0.3 is 6.03 Å². The molecule has 0 saturated carbocycles. The lowest BCUT2D eigenvalue weighted by atomic mass is 9.92. The molecule has 3 aromatic carbocycles. The van der Waals surface area contributed by atoms with Crippen LogP contribution in [0.3, 0.4) is 0 Å². The van der Waals surface area contributed by atoms with Crippen molar-refractivity contribution in [1.29, 1.82) is 0 Å². The first-order valence-corrected chi connectivity index (χ1v) is 12.1. The molecule has 1 heterocycles. The number of carbonyl (C=O) groups is 1. The summed E-state index contributed by atoms with van der Waals surface area (Å²) in [7, 11) is 7.39. The number of halogens is 1. The third-order valence-corrected chi connectivity index (χ3v) is 6.71. The van der Waals surface area contributed by atoms with Crippen molar-refractivity contribution in [1.82, 2.24) is 0 Å². The highest BCUT2D eigenvalue weighted by atomic mass is 35.5. The molecule has 1 aliphatic rings. The smallest absolute Gasteiger partial charge is 0.329 e. The quantitative estimate of drug-likeness (QED) is 0.365. The summed E-state index contributed by atoms with van der Waals surface area (Å²) in [4.78, 5) is 19.3. The van der Waals surface area contributed by atoms with Crippen molar-refractivity contribution >= 4 is 34.7 Å². The van der Waals surface area contributed by atoms with E-state index < -0.39 is 0 Å². The second-order valence-corrected chi connectivity index (χ2v) is 9.41. The second-order valence-electron chi connectivity index (χ2n) is 8.98. The molecule has 0 fully saturated rings. The zero-order valence-electron chi connectivity index (χ0n) is 21.1. The van der Waals surface area contributed by atoms with Crippen LogP contribution in [0.25, 0.3) is 0 Å². The number of amides is 2. The van der Waals surface area contributed by atoms with Gasteiger partial charge in [0.25, 0.3) is 0 Å². The molecule has 0 aliphatic carbocycles. The predicted octanol–water partition coefficient (Wildman–Crippen LogP) is 6.76. The molecule has 7 heteroatoms. The van der Waals surface area contributed by atoms with E-state index in [1.807, 2.05) is 91.5 Å². The number of nitrogens with zero attached hydrogens (tertiary/aromatic N) is 3. The van der Waals surface area contributed by atoms with E-state index >= 15 is 0 Å². The SMILES string of the molecule is CCC(C)Oc1cc2c(cc1OC)N(C)C(=O)N(c1ccc(N(C)C)cc1)C2c1ccc(Cl)cc1. The summed E-state index contributed by atoms with van der Waals surface area (Å²) in [5.74, 6) is 1.26. The van der Waals surface area contributed by atoms with E-state index in [2.05, 4.69) is 6.92 Å². The standard InChI is InChI=1S/C28H32ClN3O3/c1-7-18(2)35-26-16-23-24(17-25(26)34-6)31(5)28(33)32(22-14-12-21(13-15-22)30(3)4)27(23)19-8-10-20(29)11-9-19/h8-18,27H,7H2,1-6H3. The van der Waals surface area contributed by atoms with Crippen molar-refractivity contribution in [3.05, 3.63) is 76.8 Å². The predicted molar refractivity (Wildman–Crippen MR) is 144 cm³/mol. The van der Waals surface area contributed by atoms with Gasteiger partial charge in [-0.1, -0.05) is 30.7 Å². The molecule has 0 aromatic heterocycles. The number of hydrogen-bond acceptors (Lipinski definition) is 4. The molecule has 184 valence electrons. The third-order valence-electron chi connectivity index (χ3n) is 6.45. The minimum absolute atomic E-state index is 0.0218. The third kappa shape index (κ3) is 4.76. The Balaban J connectivity index is 1.93. The number of ether oxygens (including phenoxy) is 2. The molecule has 6 nitrogen and oxygen atoms in total. The number of carbonyl (C=O) groups excluding carboxylic acids is 1. The van der Waals surface area contributed by atoms with Gasteiger partial charge in [-0.15, -0.1) is 0 Å². The molecule has 2 atom stereocenters. The highest BCUT2D eigenvalue weighted by Gasteiger charge is 2.39. The van der Waals surface area contributed by atoms with E-state index in [4.69, 9.17) is 21.1 Å². The van der Waals surface area contributed by atoms with E-state index in [1.165, 1.54) is 0 Å². The van der Waals surface area contributed by atoms with E-state index in [9.17, 15) is 4.79 Å². The maximum atomic E-state index is 13.8. The Kier molecular flexibility index (Phi) is 7.13. The Morgan fingerprint density at radius 2 is 1.69 bits per heavy atom. The average molecular weight is 494 g/mol. The number of benzene rings is 3. The summed E-state index contributed by atoms with van der Waals surface area (Å²) >= 11 is 6.21. The van der Waals surface area contributed by atoms with Gasteiger partial charge in [-0.05, 0) is 61.4 Å². The van der Waals surface area contributed by atoms with Gasteiger partial charge < -0.3 is 14.4 Å². The van der Waals surface area contributed by atoms with Crippen LogP contribution in [0.2, 0.25) is 5.02 Å². The van der Waals surface area contributed by atoms with Gasteiger partial charge in [-0.2, -0.15) is 0 Å².